The minimum Gasteiger partial charge on any atom is -0.746 e. The Morgan fingerprint density at radius 1 is 1.13 bits per heavy atom. The molecule has 86 valence electrons. The third-order valence-corrected chi connectivity index (χ3v) is 2.96. The van der Waals surface area contributed by atoms with Crippen molar-refractivity contribution in [2.45, 2.75) is 57.4 Å². The molecule has 0 spiro atoms. The standard InChI is InChI=1S/C9H19FO3S.Na/c1-2-3-4-5-6-7-8-9(10)14(11,12)13;/h9H,2-8H2,1H3,(H,11,12,13);/q;+1/p-1. The molecule has 1 unspecified atom stereocenters. The molecule has 0 amide bonds. The summed E-state index contributed by atoms with van der Waals surface area (Å²) in [4.78, 5) is 0. The van der Waals surface area contributed by atoms with Crippen LogP contribution in [-0.4, -0.2) is 18.5 Å². The van der Waals surface area contributed by atoms with Crippen molar-refractivity contribution in [2.75, 3.05) is 0 Å². The van der Waals surface area contributed by atoms with E-state index in [-0.39, 0.29) is 36.0 Å². The number of unbranched alkanes of at least 4 members (excludes halogenated alkanes) is 5. The molecule has 0 aliphatic carbocycles. The fourth-order valence-corrected chi connectivity index (χ4v) is 1.68. The number of rotatable bonds is 8. The molecule has 0 aliphatic heterocycles. The number of hydrogen-bond acceptors (Lipinski definition) is 3. The van der Waals surface area contributed by atoms with Crippen LogP contribution in [0.25, 0.3) is 0 Å². The van der Waals surface area contributed by atoms with Crippen molar-refractivity contribution < 1.29 is 46.9 Å². The van der Waals surface area contributed by atoms with E-state index in [1.165, 1.54) is 0 Å². The van der Waals surface area contributed by atoms with Gasteiger partial charge in [0.25, 0.3) is 0 Å². The third-order valence-electron chi connectivity index (χ3n) is 2.10. The Kier molecular flexibility index (Phi) is 12.2. The zero-order valence-corrected chi connectivity index (χ0v) is 12.4. The smallest absolute Gasteiger partial charge is 0.746 e. The Balaban J connectivity index is 0. The van der Waals surface area contributed by atoms with Crippen molar-refractivity contribution in [1.82, 2.24) is 0 Å². The fraction of sp³-hybridized carbons (Fsp3) is 1.00. The predicted octanol–water partition coefficient (Wildman–Crippen LogP) is -0.418. The van der Waals surface area contributed by atoms with Crippen LogP contribution >= 0.6 is 0 Å². The average Bonchev–Trinajstić information content (AvgIpc) is 2.09. The van der Waals surface area contributed by atoms with E-state index >= 15 is 0 Å². The Bertz CT molecular complexity index is 232. The van der Waals surface area contributed by atoms with Gasteiger partial charge in [0.1, 0.15) is 10.1 Å². The second-order valence-corrected chi connectivity index (χ2v) is 4.96. The maximum Gasteiger partial charge on any atom is 1.00 e. The molecule has 0 saturated heterocycles. The summed E-state index contributed by atoms with van der Waals surface area (Å²) in [5.41, 5.74) is -2.21. The van der Waals surface area contributed by atoms with Crippen LogP contribution in [0.1, 0.15) is 51.9 Å². The molecule has 0 bridgehead atoms. The van der Waals surface area contributed by atoms with Crippen molar-refractivity contribution in [3.8, 4) is 0 Å². The molecule has 0 aromatic heterocycles. The largest absolute Gasteiger partial charge is 1.00 e. The molecule has 0 heterocycles. The van der Waals surface area contributed by atoms with Gasteiger partial charge in [-0.25, -0.2) is 12.8 Å². The summed E-state index contributed by atoms with van der Waals surface area (Å²) >= 11 is 0. The van der Waals surface area contributed by atoms with E-state index < -0.39 is 15.6 Å². The normalized spacial score (nSPS) is 13.3. The first-order valence-electron chi connectivity index (χ1n) is 5.07. The first kappa shape index (κ1) is 18.2. The minimum absolute atomic E-state index is 0. The second-order valence-electron chi connectivity index (χ2n) is 3.46. The van der Waals surface area contributed by atoms with E-state index in [0.29, 0.717) is 6.42 Å². The Morgan fingerprint density at radius 2 is 1.60 bits per heavy atom. The van der Waals surface area contributed by atoms with Crippen LogP contribution < -0.4 is 29.6 Å². The molecule has 0 N–H and O–H groups in total. The Labute approximate surface area is 114 Å². The van der Waals surface area contributed by atoms with Crippen LogP contribution in [0.3, 0.4) is 0 Å². The molecule has 0 aromatic carbocycles. The number of hydrogen-bond donors (Lipinski definition) is 0. The van der Waals surface area contributed by atoms with Gasteiger partial charge >= 0.3 is 29.6 Å². The summed E-state index contributed by atoms with van der Waals surface area (Å²) in [6.45, 7) is 2.10. The van der Waals surface area contributed by atoms with Crippen LogP contribution in [0.2, 0.25) is 0 Å². The zero-order chi connectivity index (χ0) is 11.0. The first-order valence-corrected chi connectivity index (χ1v) is 6.54. The van der Waals surface area contributed by atoms with Crippen molar-refractivity contribution >= 4 is 10.1 Å². The van der Waals surface area contributed by atoms with Gasteiger partial charge in [0.05, 0.1) is 0 Å². The molecule has 0 fully saturated rings. The van der Waals surface area contributed by atoms with Gasteiger partial charge in [0, 0.05) is 0 Å². The molecule has 3 nitrogen and oxygen atoms in total. The quantitative estimate of drug-likeness (QED) is 0.333. The molecule has 0 aliphatic rings. The average molecular weight is 248 g/mol. The van der Waals surface area contributed by atoms with Gasteiger partial charge in [-0.2, -0.15) is 0 Å². The minimum atomic E-state index is -4.72. The van der Waals surface area contributed by atoms with Gasteiger partial charge in [-0.05, 0) is 12.8 Å². The van der Waals surface area contributed by atoms with E-state index in [9.17, 15) is 17.4 Å². The molecule has 1 atom stereocenters. The maximum atomic E-state index is 12.6. The summed E-state index contributed by atoms with van der Waals surface area (Å²) < 4.78 is 43.1. The van der Waals surface area contributed by atoms with Crippen LogP contribution in [0.15, 0.2) is 0 Å². The molecule has 6 heteroatoms. The summed E-state index contributed by atoms with van der Waals surface area (Å²) in [7, 11) is -4.72. The van der Waals surface area contributed by atoms with E-state index in [1.54, 1.807) is 0 Å². The molecule has 0 aromatic rings. The van der Waals surface area contributed by atoms with Crippen molar-refractivity contribution in [1.29, 1.82) is 0 Å². The first-order chi connectivity index (χ1) is 6.48. The summed E-state index contributed by atoms with van der Waals surface area (Å²) in [5, 5.41) is 0. The van der Waals surface area contributed by atoms with Crippen molar-refractivity contribution in [2.24, 2.45) is 0 Å². The van der Waals surface area contributed by atoms with Crippen LogP contribution in [0, 0.1) is 0 Å². The molecule has 0 radical (unpaired) electrons. The van der Waals surface area contributed by atoms with Crippen LogP contribution in [0.5, 0.6) is 0 Å². The van der Waals surface area contributed by atoms with E-state index in [2.05, 4.69) is 6.92 Å². The maximum absolute atomic E-state index is 12.6. The summed E-state index contributed by atoms with van der Waals surface area (Å²) in [5.74, 6) is 0. The molecular formula is C9H18FNaO3S. The second kappa shape index (κ2) is 10.0. The summed E-state index contributed by atoms with van der Waals surface area (Å²) in [6.07, 6.45) is 5.50. The number of halogens is 1. The molecule has 0 rings (SSSR count). The Hall–Kier alpha value is 0.840. The van der Waals surface area contributed by atoms with E-state index in [1.807, 2.05) is 0 Å². The fourth-order valence-electron chi connectivity index (χ4n) is 1.23. The van der Waals surface area contributed by atoms with E-state index in [4.69, 9.17) is 0 Å². The molecule has 0 saturated carbocycles. The van der Waals surface area contributed by atoms with Gasteiger partial charge in [0.15, 0.2) is 5.50 Å². The van der Waals surface area contributed by atoms with Crippen LogP contribution in [-0.2, 0) is 10.1 Å². The number of alkyl halides is 1. The monoisotopic (exact) mass is 248 g/mol. The topological polar surface area (TPSA) is 57.2 Å². The zero-order valence-electron chi connectivity index (χ0n) is 9.54. The molecular weight excluding hydrogens is 230 g/mol. The van der Waals surface area contributed by atoms with Crippen molar-refractivity contribution in [3.05, 3.63) is 0 Å². The Morgan fingerprint density at radius 3 is 2.07 bits per heavy atom. The SMILES string of the molecule is CCCCCCCCC(F)S(=O)(=O)[O-].[Na+]. The van der Waals surface area contributed by atoms with E-state index in [0.717, 1.165) is 32.1 Å². The predicted molar refractivity (Wildman–Crippen MR) is 52.6 cm³/mol. The molecule has 15 heavy (non-hydrogen) atoms. The third kappa shape index (κ3) is 11.1. The van der Waals surface area contributed by atoms with Gasteiger partial charge in [0.2, 0.25) is 0 Å². The summed E-state index contributed by atoms with van der Waals surface area (Å²) in [6, 6.07) is 0. The van der Waals surface area contributed by atoms with Gasteiger partial charge in [-0.15, -0.1) is 0 Å². The van der Waals surface area contributed by atoms with Crippen LogP contribution in [0.4, 0.5) is 4.39 Å². The van der Waals surface area contributed by atoms with Gasteiger partial charge < -0.3 is 4.55 Å². The van der Waals surface area contributed by atoms with Gasteiger partial charge in [-0.3, -0.25) is 0 Å². The van der Waals surface area contributed by atoms with Gasteiger partial charge in [-0.1, -0.05) is 39.0 Å². The van der Waals surface area contributed by atoms with Crippen molar-refractivity contribution in [3.63, 3.8) is 0 Å².